The first-order chi connectivity index (χ1) is 18.1. The van der Waals surface area contributed by atoms with Gasteiger partial charge in [-0.1, -0.05) is 47.5 Å². The molecule has 10 heteroatoms. The molecule has 0 aromatic heterocycles. The van der Waals surface area contributed by atoms with Crippen LogP contribution in [-0.4, -0.2) is 55.0 Å². The minimum atomic E-state index is -4.80. The number of rotatable bonds is 8. The van der Waals surface area contributed by atoms with Crippen LogP contribution in [0.5, 0.6) is 0 Å². The lowest BCUT2D eigenvalue weighted by Crippen LogP contribution is -2.49. The Kier molecular flexibility index (Phi) is 9.31. The molecule has 0 aliphatic carbocycles. The monoisotopic (exact) mass is 568 g/mol. The zero-order valence-corrected chi connectivity index (χ0v) is 21.9. The van der Waals surface area contributed by atoms with Gasteiger partial charge >= 0.3 is 6.18 Å². The third-order valence-corrected chi connectivity index (χ3v) is 6.93. The molecule has 1 saturated heterocycles. The Hall–Kier alpha value is -2.65. The van der Waals surface area contributed by atoms with Gasteiger partial charge in [0.1, 0.15) is 11.9 Å². The summed E-state index contributed by atoms with van der Waals surface area (Å²) < 4.78 is 58.5. The minimum Gasteiger partial charge on any atom is -0.369 e. The predicted molar refractivity (Wildman–Crippen MR) is 139 cm³/mol. The van der Waals surface area contributed by atoms with E-state index in [1.165, 1.54) is 4.90 Å². The van der Waals surface area contributed by atoms with Gasteiger partial charge in [-0.05, 0) is 60.0 Å². The number of hydrogen-bond acceptors (Lipinski definition) is 3. The molecule has 202 valence electrons. The Morgan fingerprint density at radius 1 is 0.868 bits per heavy atom. The summed E-state index contributed by atoms with van der Waals surface area (Å²) in [6, 6.07) is 17.3. The summed E-state index contributed by atoms with van der Waals surface area (Å²) in [5.74, 6) is -1.92. The van der Waals surface area contributed by atoms with Gasteiger partial charge in [-0.3, -0.25) is 9.69 Å². The molecular weight excluding hydrogens is 543 g/mol. The largest absolute Gasteiger partial charge is 0.419 e. The number of carbonyl (C=O) groups excluding carboxylic acids is 1. The zero-order valence-electron chi connectivity index (χ0n) is 20.4. The molecule has 0 saturated carbocycles. The highest BCUT2D eigenvalue weighted by molar-refractivity contribution is 6.30. The number of nitrogens with zero attached hydrogens (tertiary/aromatic N) is 2. The molecule has 3 aromatic rings. The molecule has 0 spiro atoms. The molecule has 0 unspecified atom stereocenters. The van der Waals surface area contributed by atoms with Crippen molar-refractivity contribution in [1.82, 2.24) is 9.80 Å². The van der Waals surface area contributed by atoms with Crippen molar-refractivity contribution >= 4 is 29.1 Å². The van der Waals surface area contributed by atoms with Gasteiger partial charge in [0.05, 0.1) is 5.56 Å². The van der Waals surface area contributed by atoms with E-state index < -0.39 is 23.5 Å². The van der Waals surface area contributed by atoms with Crippen LogP contribution in [0, 0.1) is 5.82 Å². The molecule has 0 radical (unpaired) electrons. The second-order valence-corrected chi connectivity index (χ2v) is 9.91. The van der Waals surface area contributed by atoms with Crippen LogP contribution in [0.3, 0.4) is 0 Å². The normalized spacial score (nSPS) is 14.8. The van der Waals surface area contributed by atoms with Crippen LogP contribution in [-0.2, 0) is 10.9 Å². The number of ether oxygens (including phenoxy) is 1. The number of alkyl halides is 3. The lowest BCUT2D eigenvalue weighted by atomic mass is 10.0. The SMILES string of the molecule is O=C(c1ccc(C(F)(F)F)c(F)c1)N1CCN(CCCOC(c2ccc(Cl)cc2)c2ccc(Cl)cc2)CC1. The fourth-order valence-electron chi connectivity index (χ4n) is 4.38. The molecular formula is C28H26Cl2F4N2O2. The number of carbonyl (C=O) groups is 1. The maximum absolute atomic E-state index is 13.9. The van der Waals surface area contributed by atoms with E-state index >= 15 is 0 Å². The Morgan fingerprint density at radius 2 is 1.42 bits per heavy atom. The van der Waals surface area contributed by atoms with Crippen molar-refractivity contribution in [2.24, 2.45) is 0 Å². The summed E-state index contributed by atoms with van der Waals surface area (Å²) in [6.45, 7) is 3.27. The lowest BCUT2D eigenvalue weighted by molar-refractivity contribution is -0.140. The average Bonchev–Trinajstić information content (AvgIpc) is 2.89. The number of benzene rings is 3. The van der Waals surface area contributed by atoms with Gasteiger partial charge in [0.2, 0.25) is 0 Å². The van der Waals surface area contributed by atoms with Crippen molar-refractivity contribution in [2.75, 3.05) is 39.3 Å². The van der Waals surface area contributed by atoms with Crippen molar-refractivity contribution in [3.8, 4) is 0 Å². The molecule has 4 rings (SSSR count). The summed E-state index contributed by atoms with van der Waals surface area (Å²) in [6.07, 6.45) is -4.32. The number of halogens is 6. The minimum absolute atomic E-state index is 0.0900. The highest BCUT2D eigenvalue weighted by atomic mass is 35.5. The Morgan fingerprint density at radius 3 is 1.92 bits per heavy atom. The van der Waals surface area contributed by atoms with Crippen LogP contribution in [0.15, 0.2) is 66.7 Å². The zero-order chi connectivity index (χ0) is 27.3. The van der Waals surface area contributed by atoms with E-state index in [-0.39, 0.29) is 11.7 Å². The van der Waals surface area contributed by atoms with E-state index in [1.54, 1.807) is 0 Å². The number of amides is 1. The number of hydrogen-bond donors (Lipinski definition) is 0. The first kappa shape index (κ1) is 28.4. The van der Waals surface area contributed by atoms with Crippen LogP contribution < -0.4 is 0 Å². The van der Waals surface area contributed by atoms with E-state index in [0.717, 1.165) is 30.2 Å². The summed E-state index contributed by atoms with van der Waals surface area (Å²) in [5, 5.41) is 1.29. The topological polar surface area (TPSA) is 32.8 Å². The van der Waals surface area contributed by atoms with E-state index in [4.69, 9.17) is 27.9 Å². The molecule has 0 bridgehead atoms. The molecule has 1 heterocycles. The summed E-state index contributed by atoms with van der Waals surface area (Å²) in [5.41, 5.74) is 0.482. The van der Waals surface area contributed by atoms with Crippen molar-refractivity contribution in [1.29, 1.82) is 0 Å². The quantitative estimate of drug-likeness (QED) is 0.214. The standard InChI is InChI=1S/C28H26Cl2F4N2O2/c29-22-7-2-19(3-8-22)26(20-4-9-23(30)10-5-20)38-17-1-12-35-13-15-36(16-14-35)27(37)21-6-11-24(25(31)18-21)28(32,33)34/h2-11,18,26H,1,12-17H2. The molecule has 4 nitrogen and oxygen atoms in total. The van der Waals surface area contributed by atoms with E-state index in [9.17, 15) is 22.4 Å². The fraction of sp³-hybridized carbons (Fsp3) is 0.321. The van der Waals surface area contributed by atoms with Crippen LogP contribution in [0.4, 0.5) is 17.6 Å². The first-order valence-corrected chi connectivity index (χ1v) is 12.9. The van der Waals surface area contributed by atoms with E-state index in [1.807, 2.05) is 48.5 Å². The highest BCUT2D eigenvalue weighted by Crippen LogP contribution is 2.32. The highest BCUT2D eigenvalue weighted by Gasteiger charge is 2.34. The maximum atomic E-state index is 13.9. The van der Waals surface area contributed by atoms with Gasteiger partial charge in [-0.15, -0.1) is 0 Å². The smallest absolute Gasteiger partial charge is 0.369 e. The van der Waals surface area contributed by atoms with Crippen molar-refractivity contribution in [3.05, 3.63) is 105 Å². The molecule has 38 heavy (non-hydrogen) atoms. The van der Waals surface area contributed by atoms with Gasteiger partial charge < -0.3 is 9.64 Å². The Labute approximate surface area is 228 Å². The molecule has 1 fully saturated rings. The second-order valence-electron chi connectivity index (χ2n) is 9.03. The van der Waals surface area contributed by atoms with Crippen molar-refractivity contribution in [3.63, 3.8) is 0 Å². The average molecular weight is 569 g/mol. The predicted octanol–water partition coefficient (Wildman–Crippen LogP) is 7.11. The van der Waals surface area contributed by atoms with Crippen LogP contribution in [0.1, 0.15) is 39.6 Å². The maximum Gasteiger partial charge on any atom is 0.419 e. The van der Waals surface area contributed by atoms with Gasteiger partial charge in [0.15, 0.2) is 0 Å². The lowest BCUT2D eigenvalue weighted by Gasteiger charge is -2.35. The molecule has 0 atom stereocenters. The molecule has 1 aliphatic rings. The molecule has 3 aromatic carbocycles. The molecule has 1 aliphatic heterocycles. The Bertz CT molecular complexity index is 1180. The summed E-state index contributed by atoms with van der Waals surface area (Å²) in [7, 11) is 0. The van der Waals surface area contributed by atoms with E-state index in [0.29, 0.717) is 55.0 Å². The summed E-state index contributed by atoms with van der Waals surface area (Å²) >= 11 is 12.1. The van der Waals surface area contributed by atoms with Gasteiger partial charge in [0.25, 0.3) is 5.91 Å². The molecule has 1 amide bonds. The Balaban J connectivity index is 1.27. The van der Waals surface area contributed by atoms with Crippen LogP contribution in [0.2, 0.25) is 10.0 Å². The first-order valence-electron chi connectivity index (χ1n) is 12.1. The second kappa shape index (κ2) is 12.5. The third-order valence-electron chi connectivity index (χ3n) is 6.43. The van der Waals surface area contributed by atoms with Crippen LogP contribution >= 0.6 is 23.2 Å². The number of piperazine rings is 1. The molecule has 0 N–H and O–H groups in total. The van der Waals surface area contributed by atoms with Gasteiger partial charge in [-0.2, -0.15) is 13.2 Å². The van der Waals surface area contributed by atoms with Gasteiger partial charge in [0, 0.05) is 54.9 Å². The van der Waals surface area contributed by atoms with E-state index in [2.05, 4.69) is 4.90 Å². The van der Waals surface area contributed by atoms with Crippen LogP contribution in [0.25, 0.3) is 0 Å². The van der Waals surface area contributed by atoms with Crippen molar-refractivity contribution in [2.45, 2.75) is 18.7 Å². The third kappa shape index (κ3) is 7.26. The summed E-state index contributed by atoms with van der Waals surface area (Å²) in [4.78, 5) is 16.4. The van der Waals surface area contributed by atoms with Crippen molar-refractivity contribution < 1.29 is 27.1 Å². The fourth-order valence-corrected chi connectivity index (χ4v) is 4.64. The van der Waals surface area contributed by atoms with Gasteiger partial charge in [-0.25, -0.2) is 4.39 Å².